The van der Waals surface area contributed by atoms with E-state index in [1.807, 2.05) is 98.4 Å². The zero-order chi connectivity index (χ0) is 79.4. The molecule has 0 amide bonds. The molecule has 9 nitrogen and oxygen atoms in total. The van der Waals surface area contributed by atoms with Crippen molar-refractivity contribution in [1.29, 1.82) is 0 Å². The van der Waals surface area contributed by atoms with E-state index >= 15 is 0 Å². The lowest BCUT2D eigenvalue weighted by Gasteiger charge is -2.15. The van der Waals surface area contributed by atoms with Crippen LogP contribution in [0.5, 0.6) is 0 Å². The predicted octanol–water partition coefficient (Wildman–Crippen LogP) is 28.5. The van der Waals surface area contributed by atoms with Crippen molar-refractivity contribution in [3.63, 3.8) is 0 Å². The minimum absolute atomic E-state index is 0.932. The van der Waals surface area contributed by atoms with Crippen LogP contribution >= 0.6 is 0 Å². The van der Waals surface area contributed by atoms with E-state index in [4.69, 9.17) is 15.0 Å². The minimum Gasteiger partial charge on any atom is -0.264 e. The molecule has 9 heterocycles. The molecule has 24 aromatic rings. The van der Waals surface area contributed by atoms with Crippen LogP contribution in [0.25, 0.3) is 230 Å². The van der Waals surface area contributed by atoms with Gasteiger partial charge in [0.15, 0.2) is 0 Å². The summed E-state index contributed by atoms with van der Waals surface area (Å²) in [6, 6.07) is 127. The first-order valence-corrected chi connectivity index (χ1v) is 40.2. The van der Waals surface area contributed by atoms with Gasteiger partial charge in [-0.25, -0.2) is 15.0 Å². The van der Waals surface area contributed by atoms with Crippen molar-refractivity contribution in [3.8, 4) is 101 Å². The van der Waals surface area contributed by atoms with Gasteiger partial charge in [-0.2, -0.15) is 0 Å². The van der Waals surface area contributed by atoms with Crippen molar-refractivity contribution < 1.29 is 0 Å². The monoisotopic (exact) mass is 1530 g/mol. The van der Waals surface area contributed by atoms with Gasteiger partial charge in [-0.15, -0.1) is 0 Å². The molecule has 0 aliphatic carbocycles. The number of benzene rings is 15. The van der Waals surface area contributed by atoms with Crippen LogP contribution in [0.15, 0.2) is 420 Å². The first-order valence-electron chi connectivity index (χ1n) is 40.2. The van der Waals surface area contributed by atoms with E-state index in [1.54, 1.807) is 0 Å². The first kappa shape index (κ1) is 70.4. The fourth-order valence-electron chi connectivity index (χ4n) is 17.1. The second-order valence-corrected chi connectivity index (χ2v) is 30.6. The van der Waals surface area contributed by atoms with Crippen molar-refractivity contribution in [2.24, 2.45) is 0 Å². The fraction of sp³-hybridized carbons (Fsp3) is 0. The number of aromatic nitrogens is 9. The highest BCUT2D eigenvalue weighted by Crippen LogP contribution is 2.43. The maximum Gasteiger partial charge on any atom is 0.0715 e. The summed E-state index contributed by atoms with van der Waals surface area (Å²) in [4.78, 5) is 42.0. The molecule has 0 N–H and O–H groups in total. The van der Waals surface area contributed by atoms with Gasteiger partial charge in [0.25, 0.3) is 0 Å². The van der Waals surface area contributed by atoms with Crippen LogP contribution in [0.4, 0.5) is 0 Å². The molecule has 0 saturated heterocycles. The molecule has 0 unspecified atom stereocenters. The summed E-state index contributed by atoms with van der Waals surface area (Å²) in [5, 5.41) is 26.1. The highest BCUT2D eigenvalue weighted by molar-refractivity contribution is 6.14. The molecule has 0 bridgehead atoms. The van der Waals surface area contributed by atoms with Crippen LogP contribution in [0, 0.1) is 0 Å². The van der Waals surface area contributed by atoms with Gasteiger partial charge in [0.05, 0.1) is 45.2 Å². The van der Waals surface area contributed by atoms with Gasteiger partial charge in [-0.05, 0) is 277 Å². The smallest absolute Gasteiger partial charge is 0.0715 e. The van der Waals surface area contributed by atoms with Crippen LogP contribution < -0.4 is 0 Å². The third-order valence-corrected chi connectivity index (χ3v) is 23.2. The van der Waals surface area contributed by atoms with E-state index in [2.05, 4.69) is 351 Å². The van der Waals surface area contributed by atoms with Gasteiger partial charge in [0, 0.05) is 128 Å². The molecule has 0 radical (unpaired) electrons. The Morgan fingerprint density at radius 3 is 0.908 bits per heavy atom. The third-order valence-electron chi connectivity index (χ3n) is 23.2. The largest absolute Gasteiger partial charge is 0.264 e. The summed E-state index contributed by atoms with van der Waals surface area (Å²) in [6.45, 7) is 0. The Bertz CT molecular complexity index is 7840. The van der Waals surface area contributed by atoms with E-state index in [1.165, 1.54) is 86.5 Å². The first-order chi connectivity index (χ1) is 59.3. The predicted molar refractivity (Wildman–Crippen MR) is 498 cm³/mol. The van der Waals surface area contributed by atoms with Gasteiger partial charge in [-0.1, -0.05) is 200 Å². The average molecular weight is 1530 g/mol. The van der Waals surface area contributed by atoms with Gasteiger partial charge in [0.1, 0.15) is 0 Å². The molecule has 15 aromatic carbocycles. The number of pyridine rings is 9. The zero-order valence-electron chi connectivity index (χ0n) is 64.9. The average Bonchev–Trinajstić information content (AvgIpc) is 0.746. The molecular formula is C111H69N9. The van der Waals surface area contributed by atoms with Crippen molar-refractivity contribution in [2.75, 3.05) is 0 Å². The SMILES string of the molecule is c1ccc2cc3c(-c4cc(-c5ccc6ccncc6c5)nc(-c5ccc6ccncc6c5)c4)cccc3cc2c1.c1ccc2cc3cc(-c4cc(-c5ccc6ccncc6c5)nc(-c5ccc6ccncc6c5)c4)ccc3cc2c1.c1cnc2ccc(-c3cc(-c4c5ccccc5cc5ccccc45)cc(-c4ccc5ncccc5c4)n3)cc2c1. The molecule has 0 aliphatic heterocycles. The van der Waals surface area contributed by atoms with E-state index in [0.717, 1.165) is 144 Å². The Kier molecular flexibility index (Phi) is 17.7. The lowest BCUT2D eigenvalue weighted by atomic mass is 9.90. The van der Waals surface area contributed by atoms with Crippen molar-refractivity contribution in [3.05, 3.63) is 420 Å². The summed E-state index contributed by atoms with van der Waals surface area (Å²) in [7, 11) is 0. The number of hydrogen-bond donors (Lipinski definition) is 0. The number of nitrogens with zero attached hydrogens (tertiary/aromatic N) is 9. The maximum absolute atomic E-state index is 5.23. The van der Waals surface area contributed by atoms with Crippen molar-refractivity contribution >= 4 is 130 Å². The highest BCUT2D eigenvalue weighted by atomic mass is 14.7. The Labute approximate surface area is 690 Å². The number of rotatable bonds is 9. The Morgan fingerprint density at radius 2 is 0.458 bits per heavy atom. The van der Waals surface area contributed by atoms with Crippen LogP contribution in [0.1, 0.15) is 0 Å². The van der Waals surface area contributed by atoms with Crippen LogP contribution in [-0.4, -0.2) is 44.9 Å². The molecule has 558 valence electrons. The van der Waals surface area contributed by atoms with Gasteiger partial charge in [0.2, 0.25) is 0 Å². The lowest BCUT2D eigenvalue weighted by Crippen LogP contribution is -1.93. The Morgan fingerprint density at radius 1 is 0.150 bits per heavy atom. The Balaban J connectivity index is 0.000000108. The normalized spacial score (nSPS) is 11.5. The molecule has 120 heavy (non-hydrogen) atoms. The molecule has 0 spiro atoms. The van der Waals surface area contributed by atoms with Crippen molar-refractivity contribution in [1.82, 2.24) is 44.9 Å². The van der Waals surface area contributed by atoms with Gasteiger partial charge >= 0.3 is 0 Å². The summed E-state index contributed by atoms with van der Waals surface area (Å²) < 4.78 is 0. The molecule has 0 saturated carbocycles. The standard InChI is InChI=1S/3C37H23N3/c1-3-11-31-24(7-1)19-25-8-2-4-12-32(25)37(31)30-22-35(28-13-15-33-26(20-28)9-5-17-38-33)40-36(23-30)29-14-16-34-27(21-29)10-6-18-39-34;1-2-5-27-19-35-28(16-26(27)4-1)6-3-7-34(35)31-20-36(29-10-8-24-12-14-38-22-32(24)17-29)40-37(21-31)30-11-9-25-13-15-39-23-33(25)18-30;1-2-4-27-16-32-17-29(8-7-28(32)15-26(27)3-1)33-20-36(30-9-5-24-11-13-38-22-34(24)18-30)40-37(21-33)31-10-6-25-12-14-39-23-35(25)19-31/h3*1-23H. The van der Waals surface area contributed by atoms with E-state index < -0.39 is 0 Å². The molecular weight excluding hydrogens is 1460 g/mol. The molecule has 24 rings (SSSR count). The second kappa shape index (κ2) is 30.2. The number of hydrogen-bond acceptors (Lipinski definition) is 9. The highest BCUT2D eigenvalue weighted by Gasteiger charge is 2.19. The second-order valence-electron chi connectivity index (χ2n) is 30.6. The minimum atomic E-state index is 0.932. The molecule has 0 atom stereocenters. The fourth-order valence-corrected chi connectivity index (χ4v) is 17.1. The molecule has 9 aromatic heterocycles. The van der Waals surface area contributed by atoms with E-state index in [-0.39, 0.29) is 0 Å². The lowest BCUT2D eigenvalue weighted by molar-refractivity contribution is 1.32. The van der Waals surface area contributed by atoms with Crippen molar-refractivity contribution in [2.45, 2.75) is 0 Å². The van der Waals surface area contributed by atoms with E-state index in [0.29, 0.717) is 0 Å². The summed E-state index contributed by atoms with van der Waals surface area (Å²) in [5.74, 6) is 0. The van der Waals surface area contributed by atoms with Crippen LogP contribution in [-0.2, 0) is 0 Å². The topological polar surface area (TPSA) is 116 Å². The summed E-state index contributed by atoms with van der Waals surface area (Å²) in [5.41, 5.74) is 20.9. The molecule has 0 aliphatic rings. The number of fused-ring (bicyclic) bond motifs is 12. The Hall–Kier alpha value is -16.2. The van der Waals surface area contributed by atoms with Gasteiger partial charge < -0.3 is 0 Å². The third kappa shape index (κ3) is 13.7. The summed E-state index contributed by atoms with van der Waals surface area (Å²) in [6.07, 6.45) is 18.6. The maximum atomic E-state index is 5.23. The zero-order valence-corrected chi connectivity index (χ0v) is 64.9. The van der Waals surface area contributed by atoms with Crippen LogP contribution in [0.2, 0.25) is 0 Å². The van der Waals surface area contributed by atoms with Gasteiger partial charge in [-0.3, -0.25) is 29.9 Å². The molecule has 9 heteroatoms. The quantitative estimate of drug-likeness (QED) is 0.130. The summed E-state index contributed by atoms with van der Waals surface area (Å²) >= 11 is 0. The molecule has 0 fully saturated rings. The van der Waals surface area contributed by atoms with E-state index in [9.17, 15) is 0 Å². The van der Waals surface area contributed by atoms with Crippen LogP contribution in [0.3, 0.4) is 0 Å².